The number of carbonyl (C=O) groups excluding carboxylic acids is 1. The van der Waals surface area contributed by atoms with Crippen LogP contribution in [0.4, 0.5) is 16.2 Å². The van der Waals surface area contributed by atoms with E-state index >= 15 is 0 Å². The van der Waals surface area contributed by atoms with Crippen LogP contribution >= 0.6 is 0 Å². The Morgan fingerprint density at radius 1 is 0.840 bits per heavy atom. The van der Waals surface area contributed by atoms with Gasteiger partial charge in [-0.15, -0.1) is 0 Å². The molecule has 1 aliphatic heterocycles. The first-order chi connectivity index (χ1) is 12.2. The van der Waals surface area contributed by atoms with E-state index in [4.69, 9.17) is 0 Å². The fraction of sp³-hybridized carbons (Fsp3) is 0.143. The molecule has 1 saturated heterocycles. The standard InChI is InChI=1S/C21H19N3O/c1-16-11-12-22-15-20(16)24-14-13-23(21(24)25)19-9-7-18(8-10-19)17-5-3-2-4-6-17/h2-12,15H,13-14H2,1H3. The van der Waals surface area contributed by atoms with Gasteiger partial charge in [0.15, 0.2) is 0 Å². The third kappa shape index (κ3) is 2.87. The average Bonchev–Trinajstić information content (AvgIpc) is 3.04. The number of pyridine rings is 1. The number of hydrogen-bond acceptors (Lipinski definition) is 2. The lowest BCUT2D eigenvalue weighted by Gasteiger charge is -2.20. The van der Waals surface area contributed by atoms with E-state index < -0.39 is 0 Å². The lowest BCUT2D eigenvalue weighted by Crippen LogP contribution is -2.32. The number of benzene rings is 2. The van der Waals surface area contributed by atoms with Crippen molar-refractivity contribution in [1.29, 1.82) is 0 Å². The van der Waals surface area contributed by atoms with E-state index in [-0.39, 0.29) is 6.03 Å². The SMILES string of the molecule is Cc1ccncc1N1CCN(c2ccc(-c3ccccc3)cc2)C1=O. The highest BCUT2D eigenvalue weighted by molar-refractivity contribution is 6.06. The highest BCUT2D eigenvalue weighted by Crippen LogP contribution is 2.28. The van der Waals surface area contributed by atoms with Crippen molar-refractivity contribution >= 4 is 17.4 Å². The van der Waals surface area contributed by atoms with Crippen LogP contribution in [0.1, 0.15) is 5.56 Å². The van der Waals surface area contributed by atoms with E-state index in [2.05, 4.69) is 29.2 Å². The Morgan fingerprint density at radius 3 is 2.24 bits per heavy atom. The molecular formula is C21H19N3O. The van der Waals surface area contributed by atoms with Gasteiger partial charge < -0.3 is 0 Å². The summed E-state index contributed by atoms with van der Waals surface area (Å²) in [6, 6.07) is 20.3. The number of aryl methyl sites for hydroxylation is 1. The number of urea groups is 1. The van der Waals surface area contributed by atoms with Crippen molar-refractivity contribution in [3.8, 4) is 11.1 Å². The predicted octanol–water partition coefficient (Wildman–Crippen LogP) is 4.50. The zero-order valence-electron chi connectivity index (χ0n) is 14.1. The summed E-state index contributed by atoms with van der Waals surface area (Å²) in [5.41, 5.74) is 5.19. The van der Waals surface area contributed by atoms with Crippen LogP contribution in [-0.2, 0) is 0 Å². The number of rotatable bonds is 3. The molecule has 2 heterocycles. The molecule has 0 bridgehead atoms. The van der Waals surface area contributed by atoms with Gasteiger partial charge in [0.05, 0.1) is 11.9 Å². The zero-order valence-corrected chi connectivity index (χ0v) is 14.1. The lowest BCUT2D eigenvalue weighted by molar-refractivity contribution is 0.256. The van der Waals surface area contributed by atoms with E-state index in [1.54, 1.807) is 17.3 Å². The van der Waals surface area contributed by atoms with Crippen LogP contribution in [0, 0.1) is 6.92 Å². The number of amides is 2. The molecule has 0 unspecified atom stereocenters. The van der Waals surface area contributed by atoms with Gasteiger partial charge >= 0.3 is 6.03 Å². The fourth-order valence-electron chi connectivity index (χ4n) is 3.20. The molecule has 2 amide bonds. The number of aromatic nitrogens is 1. The topological polar surface area (TPSA) is 36.4 Å². The van der Waals surface area contributed by atoms with Crippen LogP contribution < -0.4 is 9.80 Å². The van der Waals surface area contributed by atoms with Gasteiger partial charge in [0, 0.05) is 25.0 Å². The lowest BCUT2D eigenvalue weighted by atomic mass is 10.1. The van der Waals surface area contributed by atoms with Gasteiger partial charge in [-0.1, -0.05) is 42.5 Å². The Bertz CT molecular complexity index is 891. The van der Waals surface area contributed by atoms with Crippen molar-refractivity contribution in [2.75, 3.05) is 22.9 Å². The summed E-state index contributed by atoms with van der Waals surface area (Å²) in [5, 5.41) is 0. The van der Waals surface area contributed by atoms with Gasteiger partial charge in [0.25, 0.3) is 0 Å². The number of hydrogen-bond donors (Lipinski definition) is 0. The minimum Gasteiger partial charge on any atom is -0.292 e. The molecule has 0 radical (unpaired) electrons. The molecule has 1 aliphatic rings. The summed E-state index contributed by atoms with van der Waals surface area (Å²) in [5.74, 6) is 0. The van der Waals surface area contributed by atoms with E-state index in [1.165, 1.54) is 5.56 Å². The zero-order chi connectivity index (χ0) is 17.2. The highest BCUT2D eigenvalue weighted by Gasteiger charge is 2.31. The third-order valence-corrected chi connectivity index (χ3v) is 4.60. The molecule has 25 heavy (non-hydrogen) atoms. The second kappa shape index (κ2) is 6.40. The van der Waals surface area contributed by atoms with Crippen molar-refractivity contribution in [2.45, 2.75) is 6.92 Å². The molecule has 1 aromatic heterocycles. The van der Waals surface area contributed by atoms with Crippen molar-refractivity contribution < 1.29 is 4.79 Å². The smallest absolute Gasteiger partial charge is 0.292 e. The first-order valence-electron chi connectivity index (χ1n) is 8.39. The van der Waals surface area contributed by atoms with Gasteiger partial charge in [0.2, 0.25) is 0 Å². The Kier molecular flexibility index (Phi) is 3.94. The molecule has 4 rings (SSSR count). The van der Waals surface area contributed by atoms with E-state index in [9.17, 15) is 4.79 Å². The van der Waals surface area contributed by atoms with Crippen LogP contribution in [0.5, 0.6) is 0 Å². The maximum absolute atomic E-state index is 12.8. The monoisotopic (exact) mass is 329 g/mol. The molecule has 0 spiro atoms. The summed E-state index contributed by atoms with van der Waals surface area (Å²) in [7, 11) is 0. The molecule has 0 saturated carbocycles. The van der Waals surface area contributed by atoms with Gasteiger partial charge in [-0.25, -0.2) is 4.79 Å². The predicted molar refractivity (Wildman–Crippen MR) is 101 cm³/mol. The molecule has 4 heteroatoms. The Labute approximate surface area is 147 Å². The van der Waals surface area contributed by atoms with Crippen LogP contribution in [0.3, 0.4) is 0 Å². The summed E-state index contributed by atoms with van der Waals surface area (Å²) in [6.45, 7) is 3.35. The first-order valence-corrected chi connectivity index (χ1v) is 8.39. The van der Waals surface area contributed by atoms with E-state index in [0.717, 1.165) is 22.5 Å². The first kappa shape index (κ1) is 15.4. The van der Waals surface area contributed by atoms with Crippen LogP contribution in [0.2, 0.25) is 0 Å². The summed E-state index contributed by atoms with van der Waals surface area (Å²) >= 11 is 0. The van der Waals surface area contributed by atoms with Gasteiger partial charge in [-0.05, 0) is 41.8 Å². The van der Waals surface area contributed by atoms with E-state index in [1.807, 2.05) is 48.2 Å². The molecule has 4 nitrogen and oxygen atoms in total. The maximum Gasteiger partial charge on any atom is 0.329 e. The van der Waals surface area contributed by atoms with Crippen LogP contribution in [-0.4, -0.2) is 24.1 Å². The van der Waals surface area contributed by atoms with Gasteiger partial charge in [-0.2, -0.15) is 0 Å². The minimum atomic E-state index is 0.00330. The highest BCUT2D eigenvalue weighted by atomic mass is 16.2. The molecule has 0 aliphatic carbocycles. The van der Waals surface area contributed by atoms with Crippen molar-refractivity contribution in [3.63, 3.8) is 0 Å². The molecule has 2 aromatic carbocycles. The second-order valence-corrected chi connectivity index (χ2v) is 6.16. The Balaban J connectivity index is 1.57. The average molecular weight is 329 g/mol. The third-order valence-electron chi connectivity index (χ3n) is 4.60. The van der Waals surface area contributed by atoms with Crippen LogP contribution in [0.15, 0.2) is 73.1 Å². The van der Waals surface area contributed by atoms with Crippen molar-refractivity contribution in [1.82, 2.24) is 4.98 Å². The largest absolute Gasteiger partial charge is 0.329 e. The molecule has 0 atom stereocenters. The number of nitrogens with zero attached hydrogens (tertiary/aromatic N) is 3. The van der Waals surface area contributed by atoms with Crippen LogP contribution in [0.25, 0.3) is 11.1 Å². The fourth-order valence-corrected chi connectivity index (χ4v) is 3.20. The summed E-state index contributed by atoms with van der Waals surface area (Å²) in [6.07, 6.45) is 3.51. The Morgan fingerprint density at radius 2 is 1.52 bits per heavy atom. The quantitative estimate of drug-likeness (QED) is 0.709. The van der Waals surface area contributed by atoms with Gasteiger partial charge in [-0.3, -0.25) is 14.8 Å². The number of carbonyl (C=O) groups is 1. The molecule has 3 aromatic rings. The summed E-state index contributed by atoms with van der Waals surface area (Å²) < 4.78 is 0. The Hall–Kier alpha value is -3.14. The molecule has 1 fully saturated rings. The van der Waals surface area contributed by atoms with E-state index in [0.29, 0.717) is 13.1 Å². The number of anilines is 2. The molecule has 0 N–H and O–H groups in total. The molecular weight excluding hydrogens is 310 g/mol. The minimum absolute atomic E-state index is 0.00330. The van der Waals surface area contributed by atoms with Crippen molar-refractivity contribution in [2.24, 2.45) is 0 Å². The molecule has 124 valence electrons. The van der Waals surface area contributed by atoms with Gasteiger partial charge in [0.1, 0.15) is 0 Å². The second-order valence-electron chi connectivity index (χ2n) is 6.16. The maximum atomic E-state index is 12.8. The van der Waals surface area contributed by atoms with Crippen molar-refractivity contribution in [3.05, 3.63) is 78.6 Å². The normalized spacial score (nSPS) is 14.2. The summed E-state index contributed by atoms with van der Waals surface area (Å²) in [4.78, 5) is 20.6.